The molecule has 0 aliphatic rings. The van der Waals surface area contributed by atoms with E-state index in [0.717, 1.165) is 16.5 Å². The molecule has 0 saturated heterocycles. The van der Waals surface area contributed by atoms with Gasteiger partial charge >= 0.3 is 0 Å². The van der Waals surface area contributed by atoms with E-state index in [9.17, 15) is 4.39 Å². The van der Waals surface area contributed by atoms with Gasteiger partial charge in [-0.05, 0) is 30.3 Å². The molecule has 88 valence electrons. The molecule has 3 aromatic rings. The summed E-state index contributed by atoms with van der Waals surface area (Å²) in [6, 6.07) is 14.2. The summed E-state index contributed by atoms with van der Waals surface area (Å²) in [6.45, 7) is 0. The van der Waals surface area contributed by atoms with Crippen molar-refractivity contribution >= 4 is 16.6 Å². The molecule has 0 fully saturated rings. The van der Waals surface area contributed by atoms with E-state index in [4.69, 9.17) is 5.73 Å². The second-order valence-electron chi connectivity index (χ2n) is 4.16. The third kappa shape index (κ3) is 1.80. The molecular formula is C15H11FN2. The van der Waals surface area contributed by atoms with Crippen molar-refractivity contribution in [1.82, 2.24) is 4.98 Å². The average molecular weight is 238 g/mol. The highest BCUT2D eigenvalue weighted by Crippen LogP contribution is 2.26. The van der Waals surface area contributed by atoms with E-state index in [1.807, 2.05) is 30.3 Å². The lowest BCUT2D eigenvalue weighted by atomic mass is 10.0. The van der Waals surface area contributed by atoms with Crippen LogP contribution in [-0.4, -0.2) is 4.98 Å². The molecule has 1 aromatic heterocycles. The average Bonchev–Trinajstić information content (AvgIpc) is 2.41. The predicted molar refractivity (Wildman–Crippen MR) is 71.5 cm³/mol. The van der Waals surface area contributed by atoms with Crippen molar-refractivity contribution < 1.29 is 4.39 Å². The molecule has 0 unspecified atom stereocenters. The Labute approximate surface area is 104 Å². The summed E-state index contributed by atoms with van der Waals surface area (Å²) >= 11 is 0. The summed E-state index contributed by atoms with van der Waals surface area (Å²) in [6.07, 6.45) is 1.67. The lowest BCUT2D eigenvalue weighted by Crippen LogP contribution is -1.90. The van der Waals surface area contributed by atoms with Gasteiger partial charge in [-0.1, -0.05) is 18.2 Å². The van der Waals surface area contributed by atoms with Crippen LogP contribution in [-0.2, 0) is 0 Å². The van der Waals surface area contributed by atoms with E-state index in [0.29, 0.717) is 11.3 Å². The number of nitrogens with two attached hydrogens (primary N) is 1. The van der Waals surface area contributed by atoms with Crippen molar-refractivity contribution in [2.75, 3.05) is 5.73 Å². The zero-order chi connectivity index (χ0) is 12.5. The predicted octanol–water partition coefficient (Wildman–Crippen LogP) is 3.62. The molecule has 0 amide bonds. The fraction of sp³-hybridized carbons (Fsp3) is 0. The van der Waals surface area contributed by atoms with Gasteiger partial charge in [0.15, 0.2) is 0 Å². The van der Waals surface area contributed by atoms with E-state index in [2.05, 4.69) is 4.98 Å². The Hall–Kier alpha value is -2.42. The fourth-order valence-electron chi connectivity index (χ4n) is 1.98. The Kier molecular flexibility index (Phi) is 2.45. The van der Waals surface area contributed by atoms with Gasteiger partial charge in [-0.3, -0.25) is 4.98 Å². The van der Waals surface area contributed by atoms with Gasteiger partial charge in [0, 0.05) is 28.4 Å². The highest BCUT2D eigenvalue weighted by molar-refractivity contribution is 5.83. The smallest absolute Gasteiger partial charge is 0.131 e. The highest BCUT2D eigenvalue weighted by Gasteiger charge is 2.06. The van der Waals surface area contributed by atoms with Crippen molar-refractivity contribution in [3.8, 4) is 11.1 Å². The van der Waals surface area contributed by atoms with Crippen LogP contribution in [0.4, 0.5) is 10.1 Å². The van der Waals surface area contributed by atoms with Gasteiger partial charge in [-0.25, -0.2) is 4.39 Å². The zero-order valence-corrected chi connectivity index (χ0v) is 9.60. The molecular weight excluding hydrogens is 227 g/mol. The van der Waals surface area contributed by atoms with E-state index in [1.54, 1.807) is 18.3 Å². The summed E-state index contributed by atoms with van der Waals surface area (Å²) in [4.78, 5) is 4.32. The number of hydrogen-bond acceptors (Lipinski definition) is 2. The maximum Gasteiger partial charge on any atom is 0.131 e. The lowest BCUT2D eigenvalue weighted by molar-refractivity contribution is 0.631. The third-order valence-corrected chi connectivity index (χ3v) is 2.89. The lowest BCUT2D eigenvalue weighted by Gasteiger charge is -2.05. The van der Waals surface area contributed by atoms with Crippen molar-refractivity contribution in [2.45, 2.75) is 0 Å². The molecule has 0 aliphatic carbocycles. The molecule has 3 rings (SSSR count). The largest absolute Gasteiger partial charge is 0.399 e. The number of fused-ring (bicyclic) bond motifs is 1. The summed E-state index contributed by atoms with van der Waals surface area (Å²) in [5.74, 6) is -0.290. The Morgan fingerprint density at radius 2 is 1.83 bits per heavy atom. The molecule has 0 radical (unpaired) electrons. The van der Waals surface area contributed by atoms with Gasteiger partial charge in [0.2, 0.25) is 0 Å². The van der Waals surface area contributed by atoms with Crippen molar-refractivity contribution in [3.63, 3.8) is 0 Å². The van der Waals surface area contributed by atoms with Crippen LogP contribution in [0, 0.1) is 5.82 Å². The second-order valence-corrected chi connectivity index (χ2v) is 4.16. The molecule has 18 heavy (non-hydrogen) atoms. The van der Waals surface area contributed by atoms with Gasteiger partial charge in [0.05, 0.1) is 5.52 Å². The monoisotopic (exact) mass is 238 g/mol. The Morgan fingerprint density at radius 1 is 1.00 bits per heavy atom. The van der Waals surface area contributed by atoms with Gasteiger partial charge < -0.3 is 5.73 Å². The van der Waals surface area contributed by atoms with Crippen LogP contribution in [0.5, 0.6) is 0 Å². The summed E-state index contributed by atoms with van der Waals surface area (Å²) in [5, 5.41) is 0.983. The normalized spacial score (nSPS) is 10.7. The van der Waals surface area contributed by atoms with Gasteiger partial charge in [0.25, 0.3) is 0 Å². The molecule has 0 saturated carbocycles. The number of pyridine rings is 1. The first-order valence-corrected chi connectivity index (χ1v) is 5.64. The van der Waals surface area contributed by atoms with Crippen LogP contribution < -0.4 is 5.73 Å². The number of halogens is 1. The number of rotatable bonds is 1. The standard InChI is InChI=1S/C15H11FN2/c16-14-6-5-12(17)8-13(14)11-7-10-3-1-2-4-15(10)18-9-11/h1-9H,17H2. The van der Waals surface area contributed by atoms with Crippen LogP contribution >= 0.6 is 0 Å². The molecule has 0 bridgehead atoms. The summed E-state index contributed by atoms with van der Waals surface area (Å²) in [7, 11) is 0. The second kappa shape index (κ2) is 4.11. The number of anilines is 1. The van der Waals surface area contributed by atoms with Crippen molar-refractivity contribution in [2.24, 2.45) is 0 Å². The maximum absolute atomic E-state index is 13.8. The Bertz CT molecular complexity index is 723. The highest BCUT2D eigenvalue weighted by atomic mass is 19.1. The Morgan fingerprint density at radius 3 is 2.72 bits per heavy atom. The van der Waals surface area contributed by atoms with Crippen LogP contribution in [0.2, 0.25) is 0 Å². The van der Waals surface area contributed by atoms with E-state index in [1.165, 1.54) is 6.07 Å². The fourth-order valence-corrected chi connectivity index (χ4v) is 1.98. The van der Waals surface area contributed by atoms with Crippen LogP contribution in [0.1, 0.15) is 0 Å². The first-order valence-electron chi connectivity index (χ1n) is 5.64. The molecule has 2 aromatic carbocycles. The van der Waals surface area contributed by atoms with Crippen LogP contribution in [0.3, 0.4) is 0 Å². The number of benzene rings is 2. The molecule has 2 N–H and O–H groups in total. The van der Waals surface area contributed by atoms with Gasteiger partial charge in [-0.2, -0.15) is 0 Å². The minimum Gasteiger partial charge on any atom is -0.399 e. The van der Waals surface area contributed by atoms with Gasteiger partial charge in [0.1, 0.15) is 5.82 Å². The van der Waals surface area contributed by atoms with Crippen molar-refractivity contribution in [3.05, 3.63) is 60.5 Å². The molecule has 3 heteroatoms. The quantitative estimate of drug-likeness (QED) is 0.657. The first-order chi connectivity index (χ1) is 8.74. The zero-order valence-electron chi connectivity index (χ0n) is 9.60. The number of nitrogens with zero attached hydrogens (tertiary/aromatic N) is 1. The number of nitrogen functional groups attached to an aromatic ring is 1. The maximum atomic E-state index is 13.8. The summed E-state index contributed by atoms with van der Waals surface area (Å²) in [5.41, 5.74) is 8.34. The van der Waals surface area contributed by atoms with E-state index in [-0.39, 0.29) is 5.82 Å². The molecule has 0 spiro atoms. The minimum atomic E-state index is -0.290. The topological polar surface area (TPSA) is 38.9 Å². The molecule has 0 aliphatic heterocycles. The molecule has 1 heterocycles. The number of hydrogen-bond donors (Lipinski definition) is 1. The van der Waals surface area contributed by atoms with Gasteiger partial charge in [-0.15, -0.1) is 0 Å². The number of aromatic nitrogens is 1. The van der Waals surface area contributed by atoms with E-state index < -0.39 is 0 Å². The molecule has 2 nitrogen and oxygen atoms in total. The Balaban J connectivity index is 2.22. The number of para-hydroxylation sites is 1. The SMILES string of the molecule is Nc1ccc(F)c(-c2cnc3ccccc3c2)c1. The minimum absolute atomic E-state index is 0.290. The van der Waals surface area contributed by atoms with Crippen LogP contribution in [0.25, 0.3) is 22.0 Å². The van der Waals surface area contributed by atoms with E-state index >= 15 is 0 Å². The van der Waals surface area contributed by atoms with Crippen LogP contribution in [0.15, 0.2) is 54.7 Å². The molecule has 0 atom stereocenters. The van der Waals surface area contributed by atoms with Crippen molar-refractivity contribution in [1.29, 1.82) is 0 Å². The first kappa shape index (κ1) is 10.7. The summed E-state index contributed by atoms with van der Waals surface area (Å²) < 4.78 is 13.8. The third-order valence-electron chi connectivity index (χ3n) is 2.89.